The molecule has 0 amide bonds. The molecule has 0 saturated heterocycles. The average molecular weight is 430 g/mol. The van der Waals surface area contributed by atoms with Crippen molar-refractivity contribution in [1.29, 1.82) is 0 Å². The van der Waals surface area contributed by atoms with Crippen LogP contribution in [0, 0.1) is 13.8 Å². The zero-order valence-electron chi connectivity index (χ0n) is 16.9. The lowest BCUT2D eigenvalue weighted by atomic mass is 10.1. The molecule has 2 aromatic carbocycles. The third-order valence-corrected chi connectivity index (χ3v) is 5.98. The van der Waals surface area contributed by atoms with E-state index >= 15 is 0 Å². The Labute approximate surface area is 180 Å². The number of fused-ring (bicyclic) bond motifs is 1. The van der Waals surface area contributed by atoms with Crippen LogP contribution in [0.15, 0.2) is 74.1 Å². The highest BCUT2D eigenvalue weighted by Crippen LogP contribution is 2.20. The molecule has 154 valence electrons. The summed E-state index contributed by atoms with van der Waals surface area (Å²) in [5.74, 6) is 0.747. The van der Waals surface area contributed by atoms with Gasteiger partial charge in [-0.2, -0.15) is 4.98 Å². The third kappa shape index (κ3) is 3.40. The van der Waals surface area contributed by atoms with Gasteiger partial charge < -0.3 is 4.52 Å². The van der Waals surface area contributed by atoms with Crippen LogP contribution < -0.4 is 11.2 Å². The molecule has 0 aliphatic heterocycles. The summed E-state index contributed by atoms with van der Waals surface area (Å²) in [5.41, 5.74) is 3.24. The molecular formula is C23H18N4O3S. The average Bonchev–Trinajstić information content (AvgIpc) is 3.42. The van der Waals surface area contributed by atoms with Crippen LogP contribution in [-0.2, 0) is 6.54 Å². The van der Waals surface area contributed by atoms with Gasteiger partial charge in [0.1, 0.15) is 11.2 Å². The van der Waals surface area contributed by atoms with Gasteiger partial charge in [-0.3, -0.25) is 9.36 Å². The van der Waals surface area contributed by atoms with Crippen LogP contribution in [0.25, 0.3) is 27.3 Å². The Morgan fingerprint density at radius 3 is 2.58 bits per heavy atom. The van der Waals surface area contributed by atoms with E-state index in [9.17, 15) is 9.59 Å². The molecule has 8 heteroatoms. The third-order valence-electron chi connectivity index (χ3n) is 5.09. The van der Waals surface area contributed by atoms with Crippen molar-refractivity contribution in [2.24, 2.45) is 0 Å². The van der Waals surface area contributed by atoms with E-state index in [-0.39, 0.29) is 12.1 Å². The maximum Gasteiger partial charge on any atom is 0.336 e. The number of thiophene rings is 1. The highest BCUT2D eigenvalue weighted by atomic mass is 32.1. The van der Waals surface area contributed by atoms with Gasteiger partial charge in [-0.05, 0) is 43.0 Å². The van der Waals surface area contributed by atoms with E-state index in [0.29, 0.717) is 27.6 Å². The summed E-state index contributed by atoms with van der Waals surface area (Å²) in [6.45, 7) is 3.99. The molecule has 0 unspecified atom stereocenters. The molecule has 0 spiro atoms. The number of hydrogen-bond donors (Lipinski definition) is 0. The van der Waals surface area contributed by atoms with E-state index in [1.165, 1.54) is 20.5 Å². The molecule has 0 N–H and O–H groups in total. The van der Waals surface area contributed by atoms with E-state index in [2.05, 4.69) is 10.1 Å². The highest BCUT2D eigenvalue weighted by Gasteiger charge is 2.18. The zero-order chi connectivity index (χ0) is 21.5. The second-order valence-corrected chi connectivity index (χ2v) is 8.28. The van der Waals surface area contributed by atoms with Crippen molar-refractivity contribution < 1.29 is 4.52 Å². The predicted molar refractivity (Wildman–Crippen MR) is 120 cm³/mol. The van der Waals surface area contributed by atoms with Gasteiger partial charge in [0, 0.05) is 5.56 Å². The van der Waals surface area contributed by atoms with Gasteiger partial charge in [-0.15, -0.1) is 11.3 Å². The molecule has 3 aromatic heterocycles. The van der Waals surface area contributed by atoms with E-state index < -0.39 is 5.69 Å². The lowest BCUT2D eigenvalue weighted by molar-refractivity contribution is 0.370. The van der Waals surface area contributed by atoms with Crippen LogP contribution in [0.3, 0.4) is 0 Å². The first-order valence-corrected chi connectivity index (χ1v) is 10.6. The summed E-state index contributed by atoms with van der Waals surface area (Å²) < 4.78 is 8.62. The maximum absolute atomic E-state index is 13.4. The fourth-order valence-corrected chi connectivity index (χ4v) is 4.33. The van der Waals surface area contributed by atoms with Gasteiger partial charge in [-0.25, -0.2) is 9.36 Å². The predicted octanol–water partition coefficient (Wildman–Crippen LogP) is 3.93. The SMILES string of the molecule is Cc1ccc(-c2noc(Cn3c(=O)n(-c4cccc(C)c4)c(=O)c4sccc43)n2)cc1. The molecule has 0 aliphatic rings. The quantitative estimate of drug-likeness (QED) is 0.431. The van der Waals surface area contributed by atoms with Crippen LogP contribution in [0.4, 0.5) is 0 Å². The molecule has 31 heavy (non-hydrogen) atoms. The Hall–Kier alpha value is -3.78. The van der Waals surface area contributed by atoms with E-state index in [0.717, 1.165) is 16.7 Å². The minimum Gasteiger partial charge on any atom is -0.337 e. The van der Waals surface area contributed by atoms with Crippen molar-refractivity contribution in [2.45, 2.75) is 20.4 Å². The van der Waals surface area contributed by atoms with Crippen LogP contribution in [0.2, 0.25) is 0 Å². The van der Waals surface area contributed by atoms with Gasteiger partial charge in [0.25, 0.3) is 5.56 Å². The zero-order valence-corrected chi connectivity index (χ0v) is 17.7. The largest absolute Gasteiger partial charge is 0.337 e. The Morgan fingerprint density at radius 1 is 1.00 bits per heavy atom. The van der Waals surface area contributed by atoms with Crippen molar-refractivity contribution >= 4 is 21.6 Å². The van der Waals surface area contributed by atoms with Crippen molar-refractivity contribution in [1.82, 2.24) is 19.3 Å². The second kappa shape index (κ2) is 7.48. The second-order valence-electron chi connectivity index (χ2n) is 7.36. The molecule has 0 saturated carbocycles. The van der Waals surface area contributed by atoms with E-state index in [4.69, 9.17) is 4.52 Å². The highest BCUT2D eigenvalue weighted by molar-refractivity contribution is 7.17. The Kier molecular flexibility index (Phi) is 4.63. The Morgan fingerprint density at radius 2 is 1.81 bits per heavy atom. The van der Waals surface area contributed by atoms with Crippen LogP contribution in [0.5, 0.6) is 0 Å². The summed E-state index contributed by atoms with van der Waals surface area (Å²) in [5, 5.41) is 5.85. The smallest absolute Gasteiger partial charge is 0.336 e. The first-order valence-electron chi connectivity index (χ1n) is 9.71. The molecule has 0 bridgehead atoms. The normalized spacial score (nSPS) is 11.3. The van der Waals surface area contributed by atoms with E-state index in [1.807, 2.05) is 56.3 Å². The summed E-state index contributed by atoms with van der Waals surface area (Å²) in [6.07, 6.45) is 0. The van der Waals surface area contributed by atoms with Gasteiger partial charge >= 0.3 is 5.69 Å². The van der Waals surface area contributed by atoms with Gasteiger partial charge in [0.05, 0.1) is 11.2 Å². The minimum absolute atomic E-state index is 0.0665. The van der Waals surface area contributed by atoms with Gasteiger partial charge in [0.15, 0.2) is 0 Å². The topological polar surface area (TPSA) is 82.9 Å². The molecule has 5 rings (SSSR count). The van der Waals surface area contributed by atoms with Crippen LogP contribution in [0.1, 0.15) is 17.0 Å². The summed E-state index contributed by atoms with van der Waals surface area (Å²) in [4.78, 5) is 30.9. The van der Waals surface area contributed by atoms with Crippen molar-refractivity contribution in [3.05, 3.63) is 97.8 Å². The van der Waals surface area contributed by atoms with Crippen LogP contribution in [-0.4, -0.2) is 19.3 Å². The molecule has 0 fully saturated rings. The standard InChI is InChI=1S/C23H18N4O3S/c1-14-6-8-16(9-7-14)21-24-19(30-25-21)13-26-18-10-11-31-20(18)22(28)27(23(26)29)17-5-3-4-15(2)12-17/h3-12H,13H2,1-2H3. The first kappa shape index (κ1) is 19.2. The number of hydrogen-bond acceptors (Lipinski definition) is 6. The summed E-state index contributed by atoms with van der Waals surface area (Å²) in [7, 11) is 0. The lowest BCUT2D eigenvalue weighted by Gasteiger charge is -2.11. The number of aryl methyl sites for hydroxylation is 2. The lowest BCUT2D eigenvalue weighted by Crippen LogP contribution is -2.38. The van der Waals surface area contributed by atoms with Crippen molar-refractivity contribution in [2.75, 3.05) is 0 Å². The van der Waals surface area contributed by atoms with Crippen molar-refractivity contribution in [3.8, 4) is 17.1 Å². The minimum atomic E-state index is -0.448. The maximum atomic E-state index is 13.4. The fraction of sp³-hybridized carbons (Fsp3) is 0.130. The molecule has 7 nitrogen and oxygen atoms in total. The molecule has 0 radical (unpaired) electrons. The number of benzene rings is 2. The van der Waals surface area contributed by atoms with E-state index in [1.54, 1.807) is 17.5 Å². The number of aromatic nitrogens is 4. The Balaban J connectivity index is 1.63. The van der Waals surface area contributed by atoms with Gasteiger partial charge in [-0.1, -0.05) is 47.1 Å². The molecule has 5 aromatic rings. The number of nitrogens with zero attached hydrogens (tertiary/aromatic N) is 4. The molecular weight excluding hydrogens is 412 g/mol. The monoisotopic (exact) mass is 430 g/mol. The summed E-state index contributed by atoms with van der Waals surface area (Å²) >= 11 is 1.30. The van der Waals surface area contributed by atoms with Crippen molar-refractivity contribution in [3.63, 3.8) is 0 Å². The molecule has 0 aliphatic carbocycles. The molecule has 3 heterocycles. The first-order chi connectivity index (χ1) is 15.0. The Bertz CT molecular complexity index is 1520. The fourth-order valence-electron chi connectivity index (χ4n) is 3.51. The summed E-state index contributed by atoms with van der Waals surface area (Å²) in [6, 6.07) is 16.9. The number of rotatable bonds is 4. The van der Waals surface area contributed by atoms with Gasteiger partial charge in [0.2, 0.25) is 11.7 Å². The molecule has 0 atom stereocenters. The van der Waals surface area contributed by atoms with Crippen LogP contribution >= 0.6 is 11.3 Å².